The molecule has 2 heterocycles. The summed E-state index contributed by atoms with van der Waals surface area (Å²) in [6, 6.07) is 16.6. The van der Waals surface area contributed by atoms with Crippen molar-refractivity contribution in [3.63, 3.8) is 0 Å². The molecular weight excluding hydrogens is 452 g/mol. The van der Waals surface area contributed by atoms with Gasteiger partial charge >= 0.3 is 0 Å². The van der Waals surface area contributed by atoms with Gasteiger partial charge in [-0.25, -0.2) is 0 Å². The fourth-order valence-electron chi connectivity index (χ4n) is 5.62. The first-order chi connectivity index (χ1) is 17.5. The van der Waals surface area contributed by atoms with Crippen molar-refractivity contribution in [2.75, 3.05) is 36.9 Å². The normalized spacial score (nSPS) is 22.7. The van der Waals surface area contributed by atoms with E-state index >= 15 is 0 Å². The number of nitrogens with one attached hydrogen (secondary N) is 2. The van der Waals surface area contributed by atoms with E-state index < -0.39 is 0 Å². The van der Waals surface area contributed by atoms with Crippen LogP contribution < -0.4 is 15.5 Å². The van der Waals surface area contributed by atoms with Gasteiger partial charge in [0.05, 0.1) is 12.7 Å². The van der Waals surface area contributed by atoms with Gasteiger partial charge in [0.1, 0.15) is 0 Å². The van der Waals surface area contributed by atoms with Crippen LogP contribution in [0.2, 0.25) is 0 Å². The second-order valence-corrected chi connectivity index (χ2v) is 10.6. The molecular formula is C29H38N4O3. The third-order valence-corrected chi connectivity index (χ3v) is 8.17. The van der Waals surface area contributed by atoms with Crippen LogP contribution in [0.5, 0.6) is 0 Å². The van der Waals surface area contributed by atoms with Gasteiger partial charge < -0.3 is 20.3 Å². The van der Waals surface area contributed by atoms with Gasteiger partial charge in [0.2, 0.25) is 5.91 Å². The Morgan fingerprint density at radius 3 is 2.44 bits per heavy atom. The number of ether oxygens (including phenoxy) is 1. The number of rotatable bonds is 9. The first-order valence-electron chi connectivity index (χ1n) is 13.3. The van der Waals surface area contributed by atoms with Gasteiger partial charge in [0, 0.05) is 62.1 Å². The number of nitrogens with zero attached hydrogens (tertiary/aromatic N) is 2. The second kappa shape index (κ2) is 11.0. The second-order valence-electron chi connectivity index (χ2n) is 10.6. The van der Waals surface area contributed by atoms with Gasteiger partial charge in [0.15, 0.2) is 0 Å². The van der Waals surface area contributed by atoms with Crippen LogP contribution in [0.4, 0.5) is 11.4 Å². The summed E-state index contributed by atoms with van der Waals surface area (Å²) in [5.74, 6) is 0.633. The first-order valence-corrected chi connectivity index (χ1v) is 13.3. The lowest BCUT2D eigenvalue weighted by molar-refractivity contribution is -0.121. The van der Waals surface area contributed by atoms with E-state index in [9.17, 15) is 9.59 Å². The molecule has 3 aliphatic rings. The van der Waals surface area contributed by atoms with E-state index in [1.807, 2.05) is 36.4 Å². The zero-order valence-corrected chi connectivity index (χ0v) is 21.4. The molecule has 1 aliphatic carbocycles. The number of hydrogen-bond donors (Lipinski definition) is 2. The highest BCUT2D eigenvalue weighted by Gasteiger charge is 2.42. The maximum Gasteiger partial charge on any atom is 0.255 e. The molecule has 2 N–H and O–H groups in total. The van der Waals surface area contributed by atoms with E-state index in [-0.39, 0.29) is 17.9 Å². The van der Waals surface area contributed by atoms with Gasteiger partial charge in [-0.3, -0.25) is 14.5 Å². The van der Waals surface area contributed by atoms with Crippen molar-refractivity contribution >= 4 is 23.2 Å². The molecule has 1 saturated carbocycles. The van der Waals surface area contributed by atoms with Gasteiger partial charge in [0.25, 0.3) is 5.91 Å². The molecule has 7 nitrogen and oxygen atoms in total. The predicted molar refractivity (Wildman–Crippen MR) is 142 cm³/mol. The lowest BCUT2D eigenvalue weighted by atomic mass is 9.96. The molecule has 0 bridgehead atoms. The van der Waals surface area contributed by atoms with Crippen molar-refractivity contribution in [1.82, 2.24) is 10.2 Å². The number of carbonyl (C=O) groups excluding carboxylic acids is 2. The van der Waals surface area contributed by atoms with Crippen molar-refractivity contribution in [2.24, 2.45) is 5.92 Å². The Kier molecular flexibility index (Phi) is 7.58. The van der Waals surface area contributed by atoms with Crippen LogP contribution in [-0.4, -0.2) is 61.6 Å². The largest absolute Gasteiger partial charge is 0.374 e. The highest BCUT2D eigenvalue weighted by Crippen LogP contribution is 2.36. The van der Waals surface area contributed by atoms with Gasteiger partial charge in [-0.1, -0.05) is 12.1 Å². The van der Waals surface area contributed by atoms with Crippen LogP contribution in [0.15, 0.2) is 48.5 Å². The Morgan fingerprint density at radius 1 is 1.03 bits per heavy atom. The molecule has 2 aromatic rings. The minimum absolute atomic E-state index is 0.1000. The summed E-state index contributed by atoms with van der Waals surface area (Å²) in [4.78, 5) is 29.5. The van der Waals surface area contributed by atoms with Crippen molar-refractivity contribution in [3.05, 3.63) is 59.7 Å². The maximum absolute atomic E-state index is 12.7. The molecule has 1 unspecified atom stereocenters. The molecule has 3 atom stereocenters. The maximum atomic E-state index is 12.7. The summed E-state index contributed by atoms with van der Waals surface area (Å²) >= 11 is 0. The third-order valence-electron chi connectivity index (χ3n) is 8.17. The van der Waals surface area contributed by atoms with Crippen molar-refractivity contribution in [1.29, 1.82) is 0 Å². The lowest BCUT2D eigenvalue weighted by Crippen LogP contribution is -2.39. The summed E-state index contributed by atoms with van der Waals surface area (Å²) in [7, 11) is 1.70. The number of likely N-dealkylation sites (tertiary alicyclic amines) is 1. The topological polar surface area (TPSA) is 73.9 Å². The Labute approximate surface area is 214 Å². The standard InChI is InChI=1S/C29H38N4O3/c1-20(16-28(34)30-2)32-17-23-14-15-33(27(23)18-32)25-12-10-24(11-13-25)31-29(35)22-8-6-21(7-9-22)19-36-26-4-3-5-26/h6-13,20,23,26-27H,3-5,14-19H2,1-2H3,(H,30,34)(H,31,35)/t20?,23-,27+/m1/s1. The Balaban J connectivity index is 1.14. The smallest absolute Gasteiger partial charge is 0.255 e. The zero-order valence-electron chi connectivity index (χ0n) is 21.4. The lowest BCUT2D eigenvalue weighted by Gasteiger charge is -2.29. The highest BCUT2D eigenvalue weighted by molar-refractivity contribution is 6.04. The number of hydrogen-bond acceptors (Lipinski definition) is 5. The Bertz CT molecular complexity index is 1050. The Hall–Kier alpha value is -2.90. The molecule has 2 amide bonds. The number of fused-ring (bicyclic) bond motifs is 1. The van der Waals surface area contributed by atoms with E-state index in [2.05, 4.69) is 39.5 Å². The van der Waals surface area contributed by atoms with Crippen molar-refractivity contribution in [2.45, 2.75) is 63.8 Å². The molecule has 5 rings (SSSR count). The van der Waals surface area contributed by atoms with Crippen LogP contribution in [0.1, 0.15) is 54.9 Å². The quantitative estimate of drug-likeness (QED) is 0.555. The third kappa shape index (κ3) is 5.57. The summed E-state index contributed by atoms with van der Waals surface area (Å²) < 4.78 is 5.85. The molecule has 2 saturated heterocycles. The minimum Gasteiger partial charge on any atom is -0.374 e. The fraction of sp³-hybridized carbons (Fsp3) is 0.517. The van der Waals surface area contributed by atoms with E-state index in [1.165, 1.54) is 18.5 Å². The van der Waals surface area contributed by atoms with Crippen LogP contribution >= 0.6 is 0 Å². The van der Waals surface area contributed by atoms with Gasteiger partial charge in [-0.2, -0.15) is 0 Å². The number of carbonyl (C=O) groups is 2. The molecule has 0 aromatic heterocycles. The molecule has 0 spiro atoms. The van der Waals surface area contributed by atoms with E-state index in [4.69, 9.17) is 4.74 Å². The Morgan fingerprint density at radius 2 is 1.78 bits per heavy atom. The van der Waals surface area contributed by atoms with Crippen molar-refractivity contribution < 1.29 is 14.3 Å². The average Bonchev–Trinajstić information content (AvgIpc) is 3.45. The molecule has 7 heteroatoms. The first kappa shape index (κ1) is 24.8. The summed E-state index contributed by atoms with van der Waals surface area (Å²) in [6.45, 7) is 5.85. The molecule has 192 valence electrons. The van der Waals surface area contributed by atoms with E-state index in [0.29, 0.717) is 36.7 Å². The van der Waals surface area contributed by atoms with Gasteiger partial charge in [-0.05, 0) is 80.5 Å². The van der Waals surface area contributed by atoms with Gasteiger partial charge in [-0.15, -0.1) is 0 Å². The van der Waals surface area contributed by atoms with E-state index in [0.717, 1.165) is 43.7 Å². The average molecular weight is 491 g/mol. The van der Waals surface area contributed by atoms with Crippen LogP contribution in [0, 0.1) is 5.92 Å². The van der Waals surface area contributed by atoms with Crippen LogP contribution in [-0.2, 0) is 16.1 Å². The summed E-state index contributed by atoms with van der Waals surface area (Å²) in [6.07, 6.45) is 5.72. The van der Waals surface area contributed by atoms with E-state index in [1.54, 1.807) is 7.05 Å². The molecule has 36 heavy (non-hydrogen) atoms. The monoisotopic (exact) mass is 490 g/mol. The summed E-state index contributed by atoms with van der Waals surface area (Å²) in [5, 5.41) is 5.76. The van der Waals surface area contributed by atoms with Crippen molar-refractivity contribution in [3.8, 4) is 0 Å². The predicted octanol–water partition coefficient (Wildman–Crippen LogP) is 4.04. The minimum atomic E-state index is -0.105. The number of benzene rings is 2. The number of amides is 2. The number of anilines is 2. The summed E-state index contributed by atoms with van der Waals surface area (Å²) in [5.41, 5.74) is 3.73. The van der Waals surface area contributed by atoms with Crippen LogP contribution in [0.3, 0.4) is 0 Å². The SMILES string of the molecule is CNC(=O)CC(C)N1C[C@H]2CCN(c3ccc(NC(=O)c4ccc(COC5CCC5)cc4)cc3)[C@H]2C1. The fourth-order valence-corrected chi connectivity index (χ4v) is 5.62. The molecule has 2 aromatic carbocycles. The molecule has 0 radical (unpaired) electrons. The highest BCUT2D eigenvalue weighted by atomic mass is 16.5. The zero-order chi connectivity index (χ0) is 25.1. The van der Waals surface area contributed by atoms with Crippen LogP contribution in [0.25, 0.3) is 0 Å². The molecule has 2 aliphatic heterocycles. The molecule has 3 fully saturated rings.